The van der Waals surface area contributed by atoms with E-state index in [1.165, 1.54) is 0 Å². The van der Waals surface area contributed by atoms with Crippen molar-refractivity contribution in [2.45, 2.75) is 145 Å². The Balaban J connectivity index is 1.28. The maximum atomic E-state index is 15.2. The highest BCUT2D eigenvalue weighted by atomic mass is 32.2. The second kappa shape index (κ2) is 22.6. The van der Waals surface area contributed by atoms with Crippen LogP contribution in [-0.2, 0) is 58.8 Å². The normalized spacial score (nSPS) is 22.8. The van der Waals surface area contributed by atoms with Gasteiger partial charge in [-0.3, -0.25) is 8.98 Å². The predicted molar refractivity (Wildman–Crippen MR) is 201 cm³/mol. The first kappa shape index (κ1) is 50.6. The Bertz CT molecular complexity index is 1750. The first-order chi connectivity index (χ1) is 28.7. The Morgan fingerprint density at radius 1 is 0.820 bits per heavy atom. The molecule has 0 saturated carbocycles. The molecule has 1 amide bonds. The molecule has 2 saturated heterocycles. The number of alkyl halides is 8. The van der Waals surface area contributed by atoms with Gasteiger partial charge in [-0.05, 0) is 32.3 Å². The molecule has 1 N–H and O–H groups in total. The number of unbranched alkanes of at least 4 members (excludes halogenated alkanes) is 7. The molecule has 6 unspecified atom stereocenters. The number of rotatable bonds is 26. The van der Waals surface area contributed by atoms with Crippen LogP contribution < -0.4 is 5.32 Å². The molecular weight excluding hydrogens is 854 g/mol. The smallest absolute Gasteiger partial charge is 0.356 e. The Labute approximate surface area is 349 Å². The number of carbonyl (C=O) groups excluding carboxylic acids is 1. The molecule has 61 heavy (non-hydrogen) atoms. The third-order valence-corrected chi connectivity index (χ3v) is 11.3. The third kappa shape index (κ3) is 13.7. The predicted octanol–water partition coefficient (Wildman–Crippen LogP) is 8.52. The van der Waals surface area contributed by atoms with E-state index in [0.29, 0.717) is 57.1 Å². The van der Waals surface area contributed by atoms with Gasteiger partial charge in [-0.25, -0.2) is 4.74 Å². The maximum Gasteiger partial charge on any atom is 0.460 e. The molecule has 12 nitrogen and oxygen atoms in total. The quantitative estimate of drug-likeness (QED) is 0.0421. The van der Waals surface area contributed by atoms with Crippen molar-refractivity contribution in [3.8, 4) is 0 Å². The van der Waals surface area contributed by atoms with Gasteiger partial charge < -0.3 is 33.7 Å². The van der Waals surface area contributed by atoms with Gasteiger partial charge >= 0.3 is 33.5 Å². The van der Waals surface area contributed by atoms with Crippen LogP contribution in [0, 0.1) is 6.92 Å². The van der Waals surface area contributed by atoms with Crippen molar-refractivity contribution in [2.75, 3.05) is 27.1 Å². The van der Waals surface area contributed by atoms with Crippen LogP contribution in [0.25, 0.3) is 0 Å². The van der Waals surface area contributed by atoms with Crippen molar-refractivity contribution in [1.82, 2.24) is 5.32 Å². The summed E-state index contributed by atoms with van der Waals surface area (Å²) in [5.41, 5.74) is 2.53. The van der Waals surface area contributed by atoms with Gasteiger partial charge in [-0.1, -0.05) is 98.7 Å². The fraction of sp³-hybridized carbons (Fsp3) is 0.675. The van der Waals surface area contributed by atoms with Gasteiger partial charge in [0.1, 0.15) is 25.1 Å². The summed E-state index contributed by atoms with van der Waals surface area (Å²) in [5, 5.41) is -3.85. The molecule has 346 valence electrons. The highest BCUT2D eigenvalue weighted by molar-refractivity contribution is 7.87. The van der Waals surface area contributed by atoms with Crippen LogP contribution in [0.15, 0.2) is 54.6 Å². The average Bonchev–Trinajstić information content (AvgIpc) is 3.21. The van der Waals surface area contributed by atoms with Crippen LogP contribution in [0.2, 0.25) is 0 Å². The Morgan fingerprint density at radius 2 is 1.44 bits per heavy atom. The van der Waals surface area contributed by atoms with Crippen molar-refractivity contribution in [1.29, 1.82) is 0 Å². The van der Waals surface area contributed by atoms with Crippen LogP contribution in [0.1, 0.15) is 94.1 Å². The number of fused-ring (bicyclic) bond motifs is 1. The lowest BCUT2D eigenvalue weighted by Gasteiger charge is -2.48. The molecule has 2 aliphatic rings. The minimum atomic E-state index is -7.07. The van der Waals surface area contributed by atoms with Crippen LogP contribution in [0.4, 0.5) is 35.1 Å². The lowest BCUT2D eigenvalue weighted by molar-refractivity contribution is -0.457. The summed E-state index contributed by atoms with van der Waals surface area (Å²) in [4.78, 5) is 12.1. The monoisotopic (exact) mass is 907 g/mol. The van der Waals surface area contributed by atoms with Gasteiger partial charge in [-0.2, -0.15) is 43.5 Å². The lowest BCUT2D eigenvalue weighted by Crippen LogP contribution is -2.65. The molecule has 4 rings (SSSR count). The summed E-state index contributed by atoms with van der Waals surface area (Å²) in [6.07, 6.45) is -21.4. The number of aryl methyl sites for hydroxylation is 1. The number of halogens is 8. The number of hydrogen-bond acceptors (Lipinski definition) is 11. The highest BCUT2D eigenvalue weighted by Gasteiger charge is 2.75. The third-order valence-electron chi connectivity index (χ3n) is 9.96. The number of benzene rings is 2. The van der Waals surface area contributed by atoms with Crippen molar-refractivity contribution in [2.24, 2.45) is 0 Å². The van der Waals surface area contributed by atoms with Gasteiger partial charge in [0.15, 0.2) is 18.7 Å². The van der Waals surface area contributed by atoms with Crippen LogP contribution in [0.3, 0.4) is 0 Å². The zero-order chi connectivity index (χ0) is 44.9. The van der Waals surface area contributed by atoms with E-state index < -0.39 is 90.1 Å². The second-order valence-electron chi connectivity index (χ2n) is 14.7. The van der Waals surface area contributed by atoms with Crippen LogP contribution >= 0.6 is 0 Å². The summed E-state index contributed by atoms with van der Waals surface area (Å²) in [6, 6.07) is 15.9. The van der Waals surface area contributed by atoms with Gasteiger partial charge in [0, 0.05) is 38.7 Å². The lowest BCUT2D eigenvalue weighted by atomic mass is 9.97. The summed E-state index contributed by atoms with van der Waals surface area (Å²) in [5.74, 6) is -5.52. The van der Waals surface area contributed by atoms with Gasteiger partial charge in [-0.15, -0.1) is 0 Å². The molecule has 0 bridgehead atoms. The summed E-state index contributed by atoms with van der Waals surface area (Å²) >= 11 is 0. The molecule has 0 aliphatic carbocycles. The molecule has 6 atom stereocenters. The fourth-order valence-corrected chi connectivity index (χ4v) is 7.45. The molecule has 2 aliphatic heterocycles. The highest BCUT2D eigenvalue weighted by Crippen LogP contribution is 2.49. The number of hydrogen-bond donors (Lipinski definition) is 1. The molecule has 2 aromatic rings. The van der Waals surface area contributed by atoms with Crippen molar-refractivity contribution < 1.29 is 85.7 Å². The average molecular weight is 908 g/mol. The van der Waals surface area contributed by atoms with E-state index in [1.807, 2.05) is 31.2 Å². The maximum absolute atomic E-state index is 15.2. The second-order valence-corrected chi connectivity index (χ2v) is 16.3. The van der Waals surface area contributed by atoms with Crippen molar-refractivity contribution in [3.63, 3.8) is 0 Å². The summed E-state index contributed by atoms with van der Waals surface area (Å²) < 4.78 is 184. The van der Waals surface area contributed by atoms with E-state index in [2.05, 4.69) is 14.2 Å². The number of methoxy groups -OCH3 is 1. The first-order valence-electron chi connectivity index (χ1n) is 19.9. The number of ether oxygens (including phenoxy) is 7. The largest absolute Gasteiger partial charge is 0.460 e. The first-order valence-corrected chi connectivity index (χ1v) is 21.3. The molecule has 2 aromatic carbocycles. The molecule has 21 heteroatoms. The topological polar surface area (TPSA) is 137 Å². The van der Waals surface area contributed by atoms with Gasteiger partial charge in [0.25, 0.3) is 0 Å². The number of carbonyl (C=O) groups is 1. The molecule has 2 fully saturated rings. The SMILES string of the molecule is CCOCOC1C2OC(c3ccccc3)OCC2OC(OC)C1OS(=O)(=O)C(F)(F)C(F)(F)OC(F)(F)C(F)(F)CCCCCCCCCCC(=O)NCc1ccc(C)cc1. The molecule has 2 heterocycles. The van der Waals surface area contributed by atoms with E-state index in [-0.39, 0.29) is 25.5 Å². The van der Waals surface area contributed by atoms with Gasteiger partial charge in [0.2, 0.25) is 5.91 Å². The van der Waals surface area contributed by atoms with Crippen LogP contribution in [-0.4, -0.2) is 95.5 Å². The Hall–Kier alpha value is -3.02. The Kier molecular flexibility index (Phi) is 18.7. The van der Waals surface area contributed by atoms with E-state index in [0.717, 1.165) is 18.2 Å². The van der Waals surface area contributed by atoms with E-state index in [1.54, 1.807) is 37.3 Å². The minimum Gasteiger partial charge on any atom is -0.356 e. The van der Waals surface area contributed by atoms with Gasteiger partial charge in [0.05, 0.1) is 6.61 Å². The van der Waals surface area contributed by atoms with E-state index in [4.69, 9.17) is 28.4 Å². The Morgan fingerprint density at radius 3 is 2.07 bits per heavy atom. The number of nitrogens with one attached hydrogen (secondary N) is 1. The van der Waals surface area contributed by atoms with Crippen molar-refractivity contribution >= 4 is 16.0 Å². The fourth-order valence-electron chi connectivity index (χ4n) is 6.50. The molecule has 0 radical (unpaired) electrons. The number of amides is 1. The molecule has 0 aromatic heterocycles. The van der Waals surface area contributed by atoms with Crippen molar-refractivity contribution in [3.05, 3.63) is 71.3 Å². The summed E-state index contributed by atoms with van der Waals surface area (Å²) in [7, 11) is -6.15. The van der Waals surface area contributed by atoms with Crippen LogP contribution in [0.5, 0.6) is 0 Å². The van der Waals surface area contributed by atoms with E-state index in [9.17, 15) is 39.6 Å². The summed E-state index contributed by atoms with van der Waals surface area (Å²) in [6.45, 7) is 3.09. The standard InChI is InChI=1S/C40H53F8NO11S/c1-4-54-26-56-33-32-30(25-55-35(58-32)29-16-12-11-13-17-29)57-36(53-3)34(33)59-61(51,52)40(47,48)39(45,46)60-38(43,44)37(41,42)23-15-10-8-6-5-7-9-14-18-31(50)49-24-28-21-19-27(2)20-22-28/h11-13,16-17,19-22,30,32-36H,4-10,14-15,18,23-26H2,1-3H3,(H,49,50). The molecular formula is C40H53F8NO11S. The molecule has 0 spiro atoms. The zero-order valence-corrected chi connectivity index (χ0v) is 34.8. The zero-order valence-electron chi connectivity index (χ0n) is 34.0. The minimum absolute atomic E-state index is 0.0394. The van der Waals surface area contributed by atoms with E-state index >= 15 is 8.78 Å².